The summed E-state index contributed by atoms with van der Waals surface area (Å²) in [5.41, 5.74) is 5.86. The van der Waals surface area contributed by atoms with Gasteiger partial charge in [-0.3, -0.25) is 9.69 Å². The Labute approximate surface area is 110 Å². The van der Waals surface area contributed by atoms with Crippen molar-refractivity contribution >= 4 is 5.91 Å². The van der Waals surface area contributed by atoms with Gasteiger partial charge in [0.1, 0.15) is 0 Å². The highest BCUT2D eigenvalue weighted by Gasteiger charge is 2.23. The molecule has 0 saturated carbocycles. The summed E-state index contributed by atoms with van der Waals surface area (Å²) >= 11 is 0. The van der Waals surface area contributed by atoms with Crippen LogP contribution < -0.4 is 5.73 Å². The second-order valence-corrected chi connectivity index (χ2v) is 5.10. The summed E-state index contributed by atoms with van der Waals surface area (Å²) in [6, 6.07) is 0.450. The maximum Gasteiger partial charge on any atom is 0.237 e. The van der Waals surface area contributed by atoms with Crippen molar-refractivity contribution in [3.05, 3.63) is 0 Å². The van der Waals surface area contributed by atoms with E-state index in [0.29, 0.717) is 19.2 Å². The van der Waals surface area contributed by atoms with Crippen molar-refractivity contribution in [2.45, 2.75) is 38.8 Å². The molecule has 2 N–H and O–H groups in total. The van der Waals surface area contributed by atoms with Gasteiger partial charge in [0.2, 0.25) is 5.91 Å². The quantitative estimate of drug-likeness (QED) is 0.743. The van der Waals surface area contributed by atoms with E-state index in [4.69, 9.17) is 10.5 Å². The largest absolute Gasteiger partial charge is 0.383 e. The number of likely N-dealkylation sites (tertiary alicyclic amines) is 1. The van der Waals surface area contributed by atoms with E-state index in [-0.39, 0.29) is 11.9 Å². The van der Waals surface area contributed by atoms with Crippen molar-refractivity contribution in [2.75, 3.05) is 39.9 Å². The molecule has 5 nitrogen and oxygen atoms in total. The molecule has 1 amide bonds. The predicted molar refractivity (Wildman–Crippen MR) is 72.4 cm³/mol. The van der Waals surface area contributed by atoms with Gasteiger partial charge in [0.05, 0.1) is 19.2 Å². The van der Waals surface area contributed by atoms with Crippen LogP contribution in [-0.2, 0) is 9.53 Å². The lowest BCUT2D eigenvalue weighted by atomic mass is 10.1. The Hall–Kier alpha value is -0.650. The lowest BCUT2D eigenvalue weighted by Crippen LogP contribution is -2.48. The lowest BCUT2D eigenvalue weighted by molar-refractivity contribution is -0.135. The van der Waals surface area contributed by atoms with Crippen molar-refractivity contribution in [1.29, 1.82) is 0 Å². The first kappa shape index (κ1) is 15.4. The molecule has 0 aliphatic carbocycles. The van der Waals surface area contributed by atoms with Crippen molar-refractivity contribution in [2.24, 2.45) is 5.73 Å². The summed E-state index contributed by atoms with van der Waals surface area (Å²) < 4.78 is 5.12. The SMILES string of the molecule is CCN(C(=O)CN1CCC(N)CC1)C(C)COC. The van der Waals surface area contributed by atoms with E-state index in [9.17, 15) is 4.79 Å². The Morgan fingerprint density at radius 1 is 1.50 bits per heavy atom. The van der Waals surface area contributed by atoms with Gasteiger partial charge in [-0.05, 0) is 26.7 Å². The number of piperidine rings is 1. The van der Waals surface area contributed by atoms with Crippen molar-refractivity contribution < 1.29 is 9.53 Å². The minimum atomic E-state index is 0.138. The van der Waals surface area contributed by atoms with E-state index in [1.165, 1.54) is 0 Å². The van der Waals surface area contributed by atoms with Crippen LogP contribution in [-0.4, -0.2) is 67.7 Å². The van der Waals surface area contributed by atoms with Crippen LogP contribution in [0.15, 0.2) is 0 Å². The third-order valence-corrected chi connectivity index (χ3v) is 3.59. The predicted octanol–water partition coefficient (Wildman–Crippen LogP) is 0.293. The molecular formula is C13H27N3O2. The van der Waals surface area contributed by atoms with Gasteiger partial charge >= 0.3 is 0 Å². The number of rotatable bonds is 6. The number of amides is 1. The topological polar surface area (TPSA) is 58.8 Å². The molecule has 5 heteroatoms. The standard InChI is InChI=1S/C13H27N3O2/c1-4-16(11(2)10-18-3)13(17)9-15-7-5-12(14)6-8-15/h11-12H,4-10,14H2,1-3H3. The van der Waals surface area contributed by atoms with Gasteiger partial charge in [-0.15, -0.1) is 0 Å². The molecule has 1 fully saturated rings. The van der Waals surface area contributed by atoms with E-state index in [2.05, 4.69) is 4.90 Å². The molecule has 1 atom stereocenters. The van der Waals surface area contributed by atoms with E-state index < -0.39 is 0 Å². The van der Waals surface area contributed by atoms with Gasteiger partial charge in [-0.25, -0.2) is 0 Å². The van der Waals surface area contributed by atoms with Crippen LogP contribution in [0.4, 0.5) is 0 Å². The van der Waals surface area contributed by atoms with Crippen LogP contribution >= 0.6 is 0 Å². The number of nitrogens with two attached hydrogens (primary N) is 1. The molecule has 1 unspecified atom stereocenters. The average molecular weight is 257 g/mol. The minimum Gasteiger partial charge on any atom is -0.383 e. The van der Waals surface area contributed by atoms with Crippen LogP contribution in [0.25, 0.3) is 0 Å². The molecule has 0 aromatic heterocycles. The first-order valence-electron chi connectivity index (χ1n) is 6.84. The fraction of sp³-hybridized carbons (Fsp3) is 0.923. The smallest absolute Gasteiger partial charge is 0.237 e. The Morgan fingerprint density at radius 3 is 2.61 bits per heavy atom. The molecule has 1 aliphatic heterocycles. The van der Waals surface area contributed by atoms with Crippen molar-refractivity contribution in [3.63, 3.8) is 0 Å². The molecule has 1 rings (SSSR count). The monoisotopic (exact) mass is 257 g/mol. The Bertz CT molecular complexity index is 253. The van der Waals surface area contributed by atoms with Gasteiger partial charge in [0.25, 0.3) is 0 Å². The maximum absolute atomic E-state index is 12.2. The van der Waals surface area contributed by atoms with Gasteiger partial charge < -0.3 is 15.4 Å². The first-order valence-corrected chi connectivity index (χ1v) is 6.84. The van der Waals surface area contributed by atoms with Gasteiger partial charge in [-0.1, -0.05) is 0 Å². The summed E-state index contributed by atoms with van der Waals surface area (Å²) in [5.74, 6) is 0.192. The molecule has 1 aliphatic rings. The highest BCUT2D eigenvalue weighted by molar-refractivity contribution is 5.78. The Morgan fingerprint density at radius 2 is 2.11 bits per heavy atom. The summed E-state index contributed by atoms with van der Waals surface area (Å²) in [5, 5.41) is 0. The minimum absolute atomic E-state index is 0.138. The first-order chi connectivity index (χ1) is 8.58. The molecular weight excluding hydrogens is 230 g/mol. The fourth-order valence-corrected chi connectivity index (χ4v) is 2.46. The van der Waals surface area contributed by atoms with Gasteiger partial charge in [-0.2, -0.15) is 0 Å². The van der Waals surface area contributed by atoms with E-state index in [1.807, 2.05) is 18.7 Å². The Balaban J connectivity index is 2.42. The molecule has 0 radical (unpaired) electrons. The third-order valence-electron chi connectivity index (χ3n) is 3.59. The van der Waals surface area contributed by atoms with Crippen LogP contribution in [0.5, 0.6) is 0 Å². The average Bonchev–Trinajstić information content (AvgIpc) is 2.33. The number of likely N-dealkylation sites (N-methyl/N-ethyl adjacent to an activating group) is 1. The second kappa shape index (κ2) is 7.71. The van der Waals surface area contributed by atoms with Crippen molar-refractivity contribution in [3.8, 4) is 0 Å². The zero-order valence-electron chi connectivity index (χ0n) is 11.9. The van der Waals surface area contributed by atoms with Gasteiger partial charge in [0.15, 0.2) is 0 Å². The second-order valence-electron chi connectivity index (χ2n) is 5.10. The fourth-order valence-electron chi connectivity index (χ4n) is 2.46. The van der Waals surface area contributed by atoms with E-state index in [1.54, 1.807) is 7.11 Å². The number of nitrogens with zero attached hydrogens (tertiary/aromatic N) is 2. The third kappa shape index (κ3) is 4.55. The number of ether oxygens (including phenoxy) is 1. The zero-order chi connectivity index (χ0) is 13.5. The molecule has 18 heavy (non-hydrogen) atoms. The van der Waals surface area contributed by atoms with Crippen LogP contribution in [0.1, 0.15) is 26.7 Å². The Kier molecular flexibility index (Phi) is 6.60. The van der Waals surface area contributed by atoms with E-state index in [0.717, 1.165) is 32.5 Å². The number of carbonyl (C=O) groups is 1. The summed E-state index contributed by atoms with van der Waals surface area (Å²) in [4.78, 5) is 16.3. The van der Waals surface area contributed by atoms with Crippen LogP contribution in [0, 0.1) is 0 Å². The summed E-state index contributed by atoms with van der Waals surface area (Å²) in [7, 11) is 1.67. The molecule has 1 heterocycles. The molecule has 0 aromatic carbocycles. The highest BCUT2D eigenvalue weighted by atomic mass is 16.5. The molecule has 1 saturated heterocycles. The molecule has 106 valence electrons. The molecule has 0 spiro atoms. The number of hydrogen-bond donors (Lipinski definition) is 1. The molecule has 0 aromatic rings. The van der Waals surface area contributed by atoms with Crippen molar-refractivity contribution in [1.82, 2.24) is 9.80 Å². The maximum atomic E-state index is 12.2. The number of hydrogen-bond acceptors (Lipinski definition) is 4. The normalized spacial score (nSPS) is 19.8. The van der Waals surface area contributed by atoms with Crippen LogP contribution in [0.3, 0.4) is 0 Å². The number of carbonyl (C=O) groups excluding carboxylic acids is 1. The van der Waals surface area contributed by atoms with E-state index >= 15 is 0 Å². The summed E-state index contributed by atoms with van der Waals surface area (Å²) in [6.07, 6.45) is 1.99. The van der Waals surface area contributed by atoms with Gasteiger partial charge in [0, 0.05) is 32.8 Å². The zero-order valence-corrected chi connectivity index (χ0v) is 11.9. The summed E-state index contributed by atoms with van der Waals surface area (Å²) in [6.45, 7) is 7.73. The highest BCUT2D eigenvalue weighted by Crippen LogP contribution is 2.09. The lowest BCUT2D eigenvalue weighted by Gasteiger charge is -2.33. The van der Waals surface area contributed by atoms with Crippen LogP contribution in [0.2, 0.25) is 0 Å². The number of methoxy groups -OCH3 is 1. The molecule has 0 bridgehead atoms.